The van der Waals surface area contributed by atoms with E-state index in [1.807, 2.05) is 30.3 Å². The second kappa shape index (κ2) is 7.51. The zero-order valence-electron chi connectivity index (χ0n) is 12.1. The van der Waals surface area contributed by atoms with Crippen LogP contribution in [0.4, 0.5) is 0 Å². The SMILES string of the molecule is CC1CN(CCCOc2ccccc2)C(C)CCN1. The van der Waals surface area contributed by atoms with Crippen LogP contribution >= 0.6 is 0 Å². The number of para-hydroxylation sites is 1. The van der Waals surface area contributed by atoms with Gasteiger partial charge in [-0.3, -0.25) is 4.90 Å². The Bertz CT molecular complexity index is 355. The van der Waals surface area contributed by atoms with Crippen LogP contribution in [0.3, 0.4) is 0 Å². The van der Waals surface area contributed by atoms with Crippen molar-refractivity contribution in [3.05, 3.63) is 30.3 Å². The lowest BCUT2D eigenvalue weighted by Gasteiger charge is -2.27. The van der Waals surface area contributed by atoms with E-state index < -0.39 is 0 Å². The molecular formula is C16H26N2O. The van der Waals surface area contributed by atoms with E-state index in [4.69, 9.17) is 4.74 Å². The van der Waals surface area contributed by atoms with Crippen molar-refractivity contribution in [2.45, 2.75) is 38.8 Å². The summed E-state index contributed by atoms with van der Waals surface area (Å²) in [4.78, 5) is 2.58. The van der Waals surface area contributed by atoms with Gasteiger partial charge in [0.25, 0.3) is 0 Å². The Kier molecular flexibility index (Phi) is 5.67. The lowest BCUT2D eigenvalue weighted by Crippen LogP contribution is -2.39. The molecule has 0 aromatic heterocycles. The Morgan fingerprint density at radius 2 is 2.05 bits per heavy atom. The topological polar surface area (TPSA) is 24.5 Å². The van der Waals surface area contributed by atoms with E-state index >= 15 is 0 Å². The highest BCUT2D eigenvalue weighted by atomic mass is 16.5. The molecule has 1 heterocycles. The van der Waals surface area contributed by atoms with Gasteiger partial charge in [-0.1, -0.05) is 18.2 Å². The standard InChI is InChI=1S/C16H26N2O/c1-14-13-18(15(2)9-10-17-14)11-6-12-19-16-7-4-3-5-8-16/h3-5,7-8,14-15,17H,6,9-13H2,1-2H3. The second-order valence-electron chi connectivity index (χ2n) is 5.50. The fraction of sp³-hybridized carbons (Fsp3) is 0.625. The minimum absolute atomic E-state index is 0.597. The molecular weight excluding hydrogens is 236 g/mol. The van der Waals surface area contributed by atoms with Gasteiger partial charge in [-0.05, 0) is 45.4 Å². The van der Waals surface area contributed by atoms with Crippen LogP contribution in [-0.4, -0.2) is 43.2 Å². The first-order chi connectivity index (χ1) is 9.25. The van der Waals surface area contributed by atoms with Crippen molar-refractivity contribution in [1.82, 2.24) is 10.2 Å². The molecule has 106 valence electrons. The van der Waals surface area contributed by atoms with E-state index in [-0.39, 0.29) is 0 Å². The molecule has 2 unspecified atom stereocenters. The average molecular weight is 262 g/mol. The Hall–Kier alpha value is -1.06. The van der Waals surface area contributed by atoms with E-state index in [0.29, 0.717) is 12.1 Å². The van der Waals surface area contributed by atoms with Crippen LogP contribution in [0.5, 0.6) is 5.75 Å². The van der Waals surface area contributed by atoms with Gasteiger partial charge in [0.1, 0.15) is 5.75 Å². The van der Waals surface area contributed by atoms with Crippen molar-refractivity contribution < 1.29 is 4.74 Å². The predicted octanol–water partition coefficient (Wildman–Crippen LogP) is 2.53. The first kappa shape index (κ1) is 14.4. The molecule has 0 amide bonds. The van der Waals surface area contributed by atoms with Crippen LogP contribution in [-0.2, 0) is 0 Å². The molecule has 19 heavy (non-hydrogen) atoms. The summed E-state index contributed by atoms with van der Waals surface area (Å²) in [6, 6.07) is 11.3. The van der Waals surface area contributed by atoms with Crippen LogP contribution in [0.2, 0.25) is 0 Å². The zero-order valence-corrected chi connectivity index (χ0v) is 12.1. The van der Waals surface area contributed by atoms with E-state index in [9.17, 15) is 0 Å². The highest BCUT2D eigenvalue weighted by Gasteiger charge is 2.19. The maximum Gasteiger partial charge on any atom is 0.119 e. The van der Waals surface area contributed by atoms with E-state index in [0.717, 1.165) is 38.4 Å². The molecule has 0 radical (unpaired) electrons. The van der Waals surface area contributed by atoms with Crippen molar-refractivity contribution in [3.63, 3.8) is 0 Å². The van der Waals surface area contributed by atoms with Gasteiger partial charge in [-0.15, -0.1) is 0 Å². The predicted molar refractivity (Wildman–Crippen MR) is 79.7 cm³/mol. The molecule has 1 fully saturated rings. The number of nitrogens with one attached hydrogen (secondary N) is 1. The van der Waals surface area contributed by atoms with Gasteiger partial charge in [0.2, 0.25) is 0 Å². The fourth-order valence-electron chi connectivity index (χ4n) is 2.60. The van der Waals surface area contributed by atoms with Gasteiger partial charge >= 0.3 is 0 Å². The molecule has 1 aromatic carbocycles. The zero-order chi connectivity index (χ0) is 13.5. The molecule has 0 bridgehead atoms. The van der Waals surface area contributed by atoms with Crippen molar-refractivity contribution in [1.29, 1.82) is 0 Å². The summed E-state index contributed by atoms with van der Waals surface area (Å²) in [6.45, 7) is 8.81. The summed E-state index contributed by atoms with van der Waals surface area (Å²) in [7, 11) is 0. The summed E-state index contributed by atoms with van der Waals surface area (Å²) in [5.74, 6) is 0.974. The van der Waals surface area contributed by atoms with Crippen LogP contribution in [0.1, 0.15) is 26.7 Å². The largest absolute Gasteiger partial charge is 0.494 e. The summed E-state index contributed by atoms with van der Waals surface area (Å²) in [5.41, 5.74) is 0. The lowest BCUT2D eigenvalue weighted by atomic mass is 10.2. The summed E-state index contributed by atoms with van der Waals surface area (Å²) in [6.07, 6.45) is 2.33. The Labute approximate surface area is 116 Å². The third-order valence-corrected chi connectivity index (χ3v) is 3.79. The highest BCUT2D eigenvalue weighted by Crippen LogP contribution is 2.11. The van der Waals surface area contributed by atoms with E-state index in [1.54, 1.807) is 0 Å². The molecule has 1 aromatic rings. The van der Waals surface area contributed by atoms with E-state index in [2.05, 4.69) is 24.1 Å². The molecule has 0 aliphatic carbocycles. The number of nitrogens with zero attached hydrogens (tertiary/aromatic N) is 1. The first-order valence-electron chi connectivity index (χ1n) is 7.41. The van der Waals surface area contributed by atoms with Crippen molar-refractivity contribution in [2.24, 2.45) is 0 Å². The molecule has 2 rings (SSSR count). The molecule has 1 N–H and O–H groups in total. The minimum atomic E-state index is 0.597. The summed E-state index contributed by atoms with van der Waals surface area (Å²) >= 11 is 0. The molecule has 3 heteroatoms. The van der Waals surface area contributed by atoms with Crippen molar-refractivity contribution in [2.75, 3.05) is 26.2 Å². The van der Waals surface area contributed by atoms with Gasteiger partial charge < -0.3 is 10.1 Å². The number of ether oxygens (including phenoxy) is 1. The molecule has 0 saturated carbocycles. The van der Waals surface area contributed by atoms with E-state index in [1.165, 1.54) is 6.42 Å². The fourth-order valence-corrected chi connectivity index (χ4v) is 2.60. The number of hydrogen-bond donors (Lipinski definition) is 1. The van der Waals surface area contributed by atoms with Crippen LogP contribution in [0.15, 0.2) is 30.3 Å². The molecule has 0 spiro atoms. The van der Waals surface area contributed by atoms with Crippen LogP contribution in [0, 0.1) is 0 Å². The Morgan fingerprint density at radius 3 is 2.84 bits per heavy atom. The molecule has 1 aliphatic rings. The first-order valence-corrected chi connectivity index (χ1v) is 7.41. The van der Waals surface area contributed by atoms with Gasteiger partial charge in [-0.25, -0.2) is 0 Å². The van der Waals surface area contributed by atoms with Crippen LogP contribution in [0.25, 0.3) is 0 Å². The molecule has 3 nitrogen and oxygen atoms in total. The van der Waals surface area contributed by atoms with Crippen LogP contribution < -0.4 is 10.1 Å². The number of benzene rings is 1. The molecule has 1 saturated heterocycles. The van der Waals surface area contributed by atoms with Gasteiger partial charge in [0.05, 0.1) is 6.61 Å². The second-order valence-corrected chi connectivity index (χ2v) is 5.50. The third kappa shape index (κ3) is 4.84. The normalized spacial score (nSPS) is 24.9. The quantitative estimate of drug-likeness (QED) is 0.825. The Balaban J connectivity index is 1.69. The third-order valence-electron chi connectivity index (χ3n) is 3.79. The minimum Gasteiger partial charge on any atom is -0.494 e. The lowest BCUT2D eigenvalue weighted by molar-refractivity contribution is 0.187. The maximum absolute atomic E-state index is 5.75. The van der Waals surface area contributed by atoms with Gasteiger partial charge in [0, 0.05) is 25.2 Å². The smallest absolute Gasteiger partial charge is 0.119 e. The molecule has 1 aliphatic heterocycles. The monoisotopic (exact) mass is 262 g/mol. The van der Waals surface area contributed by atoms with Crippen molar-refractivity contribution in [3.8, 4) is 5.75 Å². The number of hydrogen-bond acceptors (Lipinski definition) is 3. The number of rotatable bonds is 5. The summed E-state index contributed by atoms with van der Waals surface area (Å²) < 4.78 is 5.75. The van der Waals surface area contributed by atoms with Gasteiger partial charge in [-0.2, -0.15) is 0 Å². The van der Waals surface area contributed by atoms with Gasteiger partial charge in [0.15, 0.2) is 0 Å². The Morgan fingerprint density at radius 1 is 1.26 bits per heavy atom. The maximum atomic E-state index is 5.75. The molecule has 2 atom stereocenters. The summed E-state index contributed by atoms with van der Waals surface area (Å²) in [5, 5.41) is 3.55. The average Bonchev–Trinajstić information content (AvgIpc) is 2.58. The van der Waals surface area contributed by atoms with Crippen molar-refractivity contribution >= 4 is 0 Å². The highest BCUT2D eigenvalue weighted by molar-refractivity contribution is 5.20.